The molecule has 0 saturated carbocycles. The first-order chi connectivity index (χ1) is 8.06. The number of hydrogen-bond acceptors (Lipinski definition) is 3. The van der Waals surface area contributed by atoms with E-state index in [2.05, 4.69) is 20.7 Å². The Kier molecular flexibility index (Phi) is 4.59. The van der Waals surface area contributed by atoms with Gasteiger partial charge in [-0.15, -0.1) is 0 Å². The Hall–Kier alpha value is -0.430. The van der Waals surface area contributed by atoms with E-state index in [1.165, 1.54) is 0 Å². The number of aliphatic hydroxyl groups excluding tert-OH is 1. The summed E-state index contributed by atoms with van der Waals surface area (Å²) in [6.45, 7) is 6.70. The maximum absolute atomic E-state index is 12.2. The summed E-state index contributed by atoms with van der Waals surface area (Å²) in [5.74, 6) is 0. The highest BCUT2D eigenvalue weighted by Gasteiger charge is 2.31. The third-order valence-corrected chi connectivity index (χ3v) is 5.47. The molecule has 0 aliphatic rings. The van der Waals surface area contributed by atoms with Gasteiger partial charge in [-0.25, -0.2) is 13.1 Å². The van der Waals surface area contributed by atoms with Gasteiger partial charge < -0.3 is 5.11 Å². The van der Waals surface area contributed by atoms with Crippen molar-refractivity contribution in [1.29, 1.82) is 0 Å². The van der Waals surface area contributed by atoms with Gasteiger partial charge in [-0.05, 0) is 61.3 Å². The third-order valence-electron chi connectivity index (χ3n) is 2.82. The van der Waals surface area contributed by atoms with Gasteiger partial charge in [-0.3, -0.25) is 0 Å². The normalized spacial score (nSPS) is 14.6. The van der Waals surface area contributed by atoms with Gasteiger partial charge in [0.2, 0.25) is 10.0 Å². The van der Waals surface area contributed by atoms with Crippen LogP contribution in [0.15, 0.2) is 27.6 Å². The molecule has 0 aliphatic carbocycles. The molecule has 18 heavy (non-hydrogen) atoms. The van der Waals surface area contributed by atoms with Gasteiger partial charge in [0.15, 0.2) is 0 Å². The molecule has 2 N–H and O–H groups in total. The highest BCUT2D eigenvalue weighted by molar-refractivity contribution is 9.10. The molecular formula is C12H18BrNO3S. The Morgan fingerprint density at radius 1 is 1.39 bits per heavy atom. The van der Waals surface area contributed by atoms with E-state index in [4.69, 9.17) is 0 Å². The first kappa shape index (κ1) is 15.6. The van der Waals surface area contributed by atoms with Crippen LogP contribution in [0.3, 0.4) is 0 Å². The second-order valence-electron chi connectivity index (χ2n) is 4.94. The smallest absolute Gasteiger partial charge is 0.242 e. The molecule has 0 spiro atoms. The maximum atomic E-state index is 12.2. The number of nitrogens with one attached hydrogen (secondary N) is 1. The quantitative estimate of drug-likeness (QED) is 0.886. The molecule has 0 aliphatic heterocycles. The monoisotopic (exact) mass is 335 g/mol. The summed E-state index contributed by atoms with van der Waals surface area (Å²) in [6, 6.07) is 5.01. The van der Waals surface area contributed by atoms with E-state index < -0.39 is 21.7 Å². The van der Waals surface area contributed by atoms with Crippen LogP contribution in [0.5, 0.6) is 0 Å². The topological polar surface area (TPSA) is 66.4 Å². The number of aliphatic hydroxyl groups is 1. The van der Waals surface area contributed by atoms with Gasteiger partial charge in [0.1, 0.15) is 0 Å². The van der Waals surface area contributed by atoms with E-state index in [1.807, 2.05) is 6.92 Å². The largest absolute Gasteiger partial charge is 0.391 e. The van der Waals surface area contributed by atoms with Crippen LogP contribution < -0.4 is 4.72 Å². The van der Waals surface area contributed by atoms with Crippen molar-refractivity contribution in [2.75, 3.05) is 0 Å². The molecule has 0 radical (unpaired) electrons. The van der Waals surface area contributed by atoms with Crippen molar-refractivity contribution in [3.05, 3.63) is 28.2 Å². The van der Waals surface area contributed by atoms with E-state index >= 15 is 0 Å². The molecule has 0 heterocycles. The maximum Gasteiger partial charge on any atom is 0.242 e. The van der Waals surface area contributed by atoms with Crippen LogP contribution in [0, 0.1) is 6.92 Å². The summed E-state index contributed by atoms with van der Waals surface area (Å²) in [4.78, 5) is 0.168. The zero-order valence-corrected chi connectivity index (χ0v) is 13.3. The fraction of sp³-hybridized carbons (Fsp3) is 0.500. The highest BCUT2D eigenvalue weighted by Crippen LogP contribution is 2.24. The number of benzene rings is 1. The van der Waals surface area contributed by atoms with Crippen molar-refractivity contribution in [3.8, 4) is 0 Å². The average molecular weight is 336 g/mol. The SMILES string of the molecule is Cc1ccc(S(=O)(=O)NC(C)(C)C(C)O)c(Br)c1. The van der Waals surface area contributed by atoms with Crippen LogP contribution in [0.2, 0.25) is 0 Å². The molecule has 1 atom stereocenters. The average Bonchev–Trinajstić information content (AvgIpc) is 2.14. The zero-order valence-electron chi connectivity index (χ0n) is 10.9. The van der Waals surface area contributed by atoms with Crippen molar-refractivity contribution < 1.29 is 13.5 Å². The molecular weight excluding hydrogens is 318 g/mol. The number of halogens is 1. The fourth-order valence-electron chi connectivity index (χ4n) is 1.31. The third kappa shape index (κ3) is 3.54. The Balaban J connectivity index is 3.15. The van der Waals surface area contributed by atoms with Crippen LogP contribution in [0.25, 0.3) is 0 Å². The van der Waals surface area contributed by atoms with Crippen molar-refractivity contribution in [1.82, 2.24) is 4.72 Å². The molecule has 0 amide bonds. The predicted molar refractivity (Wildman–Crippen MR) is 75.0 cm³/mol. The molecule has 1 unspecified atom stereocenters. The summed E-state index contributed by atoms with van der Waals surface area (Å²) >= 11 is 3.25. The lowest BCUT2D eigenvalue weighted by Crippen LogP contribution is -2.50. The Morgan fingerprint density at radius 3 is 2.39 bits per heavy atom. The van der Waals surface area contributed by atoms with Crippen molar-refractivity contribution >= 4 is 26.0 Å². The molecule has 1 aromatic carbocycles. The van der Waals surface area contributed by atoms with E-state index in [1.54, 1.807) is 39.0 Å². The highest BCUT2D eigenvalue weighted by atomic mass is 79.9. The van der Waals surface area contributed by atoms with Crippen molar-refractivity contribution in [2.45, 2.75) is 44.2 Å². The fourth-order valence-corrected chi connectivity index (χ4v) is 3.98. The van der Waals surface area contributed by atoms with Gasteiger partial charge >= 0.3 is 0 Å². The van der Waals surface area contributed by atoms with E-state index in [9.17, 15) is 13.5 Å². The molecule has 102 valence electrons. The second-order valence-corrected chi connectivity index (χ2v) is 7.44. The lowest BCUT2D eigenvalue weighted by Gasteiger charge is -2.29. The van der Waals surface area contributed by atoms with Crippen LogP contribution in [0.1, 0.15) is 26.3 Å². The minimum Gasteiger partial charge on any atom is -0.391 e. The van der Waals surface area contributed by atoms with Gasteiger partial charge in [0.25, 0.3) is 0 Å². The lowest BCUT2D eigenvalue weighted by molar-refractivity contribution is 0.111. The molecule has 0 fully saturated rings. The first-order valence-electron chi connectivity index (χ1n) is 5.54. The molecule has 1 aromatic rings. The minimum atomic E-state index is -3.67. The molecule has 4 nitrogen and oxygen atoms in total. The second kappa shape index (κ2) is 5.28. The first-order valence-corrected chi connectivity index (χ1v) is 7.82. The van der Waals surface area contributed by atoms with Gasteiger partial charge in [-0.2, -0.15) is 0 Å². The van der Waals surface area contributed by atoms with Gasteiger partial charge in [-0.1, -0.05) is 6.07 Å². The molecule has 0 saturated heterocycles. The van der Waals surface area contributed by atoms with Gasteiger partial charge in [0.05, 0.1) is 16.5 Å². The van der Waals surface area contributed by atoms with E-state index in [0.717, 1.165) is 5.56 Å². The van der Waals surface area contributed by atoms with Crippen molar-refractivity contribution in [3.63, 3.8) is 0 Å². The number of rotatable bonds is 4. The number of sulfonamides is 1. The molecule has 0 bridgehead atoms. The predicted octanol–water partition coefficient (Wildman–Crippen LogP) is 2.20. The van der Waals surface area contributed by atoms with Crippen LogP contribution >= 0.6 is 15.9 Å². The number of hydrogen-bond donors (Lipinski definition) is 2. The summed E-state index contributed by atoms with van der Waals surface area (Å²) in [5.41, 5.74) is 0.0407. The van der Waals surface area contributed by atoms with E-state index in [-0.39, 0.29) is 4.90 Å². The van der Waals surface area contributed by atoms with E-state index in [0.29, 0.717) is 4.47 Å². The standard InChI is InChI=1S/C12H18BrNO3S/c1-8-5-6-11(10(13)7-8)18(16,17)14-12(3,4)9(2)15/h5-7,9,14-15H,1-4H3. The Bertz CT molecular complexity index is 538. The number of aryl methyl sites for hydroxylation is 1. The summed E-state index contributed by atoms with van der Waals surface area (Å²) in [7, 11) is -3.67. The Morgan fingerprint density at radius 2 is 1.94 bits per heavy atom. The molecule has 1 rings (SSSR count). The Labute approximate surface area is 117 Å². The minimum absolute atomic E-state index is 0.168. The molecule has 0 aromatic heterocycles. The lowest BCUT2D eigenvalue weighted by atomic mass is 10.0. The summed E-state index contributed by atoms with van der Waals surface area (Å²) < 4.78 is 27.5. The zero-order chi connectivity index (χ0) is 14.1. The van der Waals surface area contributed by atoms with Crippen molar-refractivity contribution in [2.24, 2.45) is 0 Å². The van der Waals surface area contributed by atoms with Crippen LogP contribution in [0.4, 0.5) is 0 Å². The van der Waals surface area contributed by atoms with Gasteiger partial charge in [0, 0.05) is 4.47 Å². The van der Waals surface area contributed by atoms with Crippen LogP contribution in [-0.2, 0) is 10.0 Å². The van der Waals surface area contributed by atoms with Crippen LogP contribution in [-0.4, -0.2) is 25.2 Å². The summed E-state index contributed by atoms with van der Waals surface area (Å²) in [5, 5.41) is 9.57. The summed E-state index contributed by atoms with van der Waals surface area (Å²) in [6.07, 6.45) is -0.795. The molecule has 6 heteroatoms.